The molecule has 0 bridgehead atoms. The van der Waals surface area contributed by atoms with Crippen molar-refractivity contribution in [3.05, 3.63) is 22.8 Å². The molecule has 0 amide bonds. The van der Waals surface area contributed by atoms with Crippen molar-refractivity contribution in [1.82, 2.24) is 0 Å². The SMILES string of the molecule is C[C@]12CCC3=C4CCC(=O)C=C4CC[C@H]3[C@@H]1CC[C@@H]2C(F)F. The van der Waals surface area contributed by atoms with Gasteiger partial charge in [-0.25, -0.2) is 8.78 Å². The highest BCUT2D eigenvalue weighted by Crippen LogP contribution is 2.63. The van der Waals surface area contributed by atoms with Crippen LogP contribution >= 0.6 is 0 Å². The third-order valence-corrected chi connectivity index (χ3v) is 7.11. The molecule has 0 aliphatic heterocycles. The van der Waals surface area contributed by atoms with E-state index in [-0.39, 0.29) is 11.2 Å². The minimum atomic E-state index is -2.17. The molecule has 0 unspecified atom stereocenters. The molecule has 2 saturated carbocycles. The fourth-order valence-electron chi connectivity index (χ4n) is 5.98. The summed E-state index contributed by atoms with van der Waals surface area (Å²) in [5, 5.41) is 0. The Balaban J connectivity index is 1.70. The van der Waals surface area contributed by atoms with E-state index in [4.69, 9.17) is 0 Å². The Morgan fingerprint density at radius 2 is 1.95 bits per heavy atom. The molecule has 0 aromatic heterocycles. The number of fused-ring (bicyclic) bond motifs is 4. The van der Waals surface area contributed by atoms with E-state index in [1.54, 1.807) is 0 Å². The summed E-state index contributed by atoms with van der Waals surface area (Å²) >= 11 is 0. The van der Waals surface area contributed by atoms with Gasteiger partial charge in [0.25, 0.3) is 0 Å². The Hall–Kier alpha value is -0.990. The second-order valence-corrected chi connectivity index (χ2v) is 7.92. The average Bonchev–Trinajstić information content (AvgIpc) is 2.84. The third kappa shape index (κ3) is 1.97. The molecule has 4 rings (SSSR count). The normalized spacial score (nSPS) is 41.2. The molecule has 0 saturated heterocycles. The van der Waals surface area contributed by atoms with Crippen LogP contribution in [0.1, 0.15) is 58.3 Å². The van der Waals surface area contributed by atoms with Crippen LogP contribution in [-0.2, 0) is 4.79 Å². The van der Waals surface area contributed by atoms with Crippen molar-refractivity contribution in [1.29, 1.82) is 0 Å². The van der Waals surface area contributed by atoms with Gasteiger partial charge in [0.1, 0.15) is 0 Å². The molecule has 0 radical (unpaired) electrons. The minimum absolute atomic E-state index is 0.172. The Morgan fingerprint density at radius 1 is 1.14 bits per heavy atom. The molecule has 1 nitrogen and oxygen atoms in total. The summed E-state index contributed by atoms with van der Waals surface area (Å²) in [6, 6.07) is 0. The van der Waals surface area contributed by atoms with Gasteiger partial charge in [0.2, 0.25) is 6.43 Å². The zero-order chi connectivity index (χ0) is 15.5. The maximum absolute atomic E-state index is 13.4. The van der Waals surface area contributed by atoms with Crippen molar-refractivity contribution >= 4 is 5.78 Å². The third-order valence-electron chi connectivity index (χ3n) is 7.11. The number of alkyl halides is 2. The smallest absolute Gasteiger partial charge is 0.241 e. The first-order valence-electron chi connectivity index (χ1n) is 8.74. The summed E-state index contributed by atoms with van der Waals surface area (Å²) in [7, 11) is 0. The van der Waals surface area contributed by atoms with E-state index >= 15 is 0 Å². The van der Waals surface area contributed by atoms with E-state index in [0.29, 0.717) is 24.7 Å². The van der Waals surface area contributed by atoms with Crippen molar-refractivity contribution in [3.8, 4) is 0 Å². The van der Waals surface area contributed by atoms with Gasteiger partial charge in [-0.3, -0.25) is 4.79 Å². The van der Waals surface area contributed by atoms with Gasteiger partial charge in [0.15, 0.2) is 5.78 Å². The molecule has 0 aromatic carbocycles. The number of carbonyl (C=O) groups is 1. The molecular formula is C19H24F2O. The molecule has 2 fully saturated rings. The fraction of sp³-hybridized carbons (Fsp3) is 0.737. The van der Waals surface area contributed by atoms with Gasteiger partial charge in [-0.2, -0.15) is 0 Å². The molecular weight excluding hydrogens is 282 g/mol. The Labute approximate surface area is 130 Å². The molecule has 0 spiro atoms. The Morgan fingerprint density at radius 3 is 2.73 bits per heavy atom. The second-order valence-electron chi connectivity index (χ2n) is 7.92. The number of hydrogen-bond donors (Lipinski definition) is 0. The van der Waals surface area contributed by atoms with Gasteiger partial charge < -0.3 is 0 Å². The lowest BCUT2D eigenvalue weighted by atomic mass is 9.56. The summed E-state index contributed by atoms with van der Waals surface area (Å²) in [4.78, 5) is 11.6. The molecule has 4 aliphatic rings. The summed E-state index contributed by atoms with van der Waals surface area (Å²) in [5.41, 5.74) is 4.05. The number of hydrogen-bond acceptors (Lipinski definition) is 1. The largest absolute Gasteiger partial charge is 0.295 e. The predicted octanol–water partition coefficient (Wildman–Crippen LogP) is 5.07. The predicted molar refractivity (Wildman–Crippen MR) is 81.6 cm³/mol. The monoisotopic (exact) mass is 306 g/mol. The summed E-state index contributed by atoms with van der Waals surface area (Å²) < 4.78 is 26.9. The second kappa shape index (κ2) is 5.01. The zero-order valence-corrected chi connectivity index (χ0v) is 13.2. The number of carbonyl (C=O) groups excluding carboxylic acids is 1. The topological polar surface area (TPSA) is 17.1 Å². The van der Waals surface area contributed by atoms with E-state index in [0.717, 1.165) is 38.5 Å². The van der Waals surface area contributed by atoms with Crippen LogP contribution in [0.5, 0.6) is 0 Å². The first-order valence-corrected chi connectivity index (χ1v) is 8.74. The quantitative estimate of drug-likeness (QED) is 0.660. The first-order chi connectivity index (χ1) is 10.5. The van der Waals surface area contributed by atoms with Gasteiger partial charge in [0.05, 0.1) is 0 Å². The molecule has 0 heterocycles. The highest BCUT2D eigenvalue weighted by molar-refractivity contribution is 5.93. The number of halogens is 2. The lowest BCUT2D eigenvalue weighted by molar-refractivity contribution is -0.114. The van der Waals surface area contributed by atoms with Crippen molar-refractivity contribution in [2.75, 3.05) is 0 Å². The standard InChI is InChI=1S/C19H24F2O/c1-19-9-8-14-13-5-3-12(22)10-11(13)2-4-15(14)16(19)6-7-17(19)18(20)21/h10,15-18H,2-9H2,1H3/t15-,16+,17-,19+/m1/s1. The van der Waals surface area contributed by atoms with E-state index in [1.807, 2.05) is 6.08 Å². The number of rotatable bonds is 1. The van der Waals surface area contributed by atoms with E-state index < -0.39 is 12.3 Å². The van der Waals surface area contributed by atoms with E-state index in [1.165, 1.54) is 16.7 Å². The van der Waals surface area contributed by atoms with Crippen LogP contribution < -0.4 is 0 Å². The number of allylic oxidation sites excluding steroid dienone is 4. The van der Waals surface area contributed by atoms with Crippen LogP contribution in [-0.4, -0.2) is 12.2 Å². The fourth-order valence-corrected chi connectivity index (χ4v) is 5.98. The average molecular weight is 306 g/mol. The number of ketones is 1. The van der Waals surface area contributed by atoms with Gasteiger partial charge in [-0.05, 0) is 79.4 Å². The van der Waals surface area contributed by atoms with Gasteiger partial charge in [-0.1, -0.05) is 12.5 Å². The van der Waals surface area contributed by atoms with Gasteiger partial charge in [0, 0.05) is 12.3 Å². The molecule has 4 atom stereocenters. The molecule has 0 N–H and O–H groups in total. The van der Waals surface area contributed by atoms with Crippen molar-refractivity contribution in [3.63, 3.8) is 0 Å². The highest BCUT2D eigenvalue weighted by Gasteiger charge is 2.55. The van der Waals surface area contributed by atoms with Crippen LogP contribution in [0, 0.1) is 23.2 Å². The maximum atomic E-state index is 13.4. The van der Waals surface area contributed by atoms with Crippen molar-refractivity contribution in [2.24, 2.45) is 23.2 Å². The Bertz CT molecular complexity index is 574. The highest BCUT2D eigenvalue weighted by atomic mass is 19.3. The molecule has 120 valence electrons. The lowest BCUT2D eigenvalue weighted by Crippen LogP contribution is -2.41. The van der Waals surface area contributed by atoms with Crippen LogP contribution in [0.25, 0.3) is 0 Å². The maximum Gasteiger partial charge on any atom is 0.241 e. The van der Waals surface area contributed by atoms with E-state index in [9.17, 15) is 13.6 Å². The van der Waals surface area contributed by atoms with Crippen LogP contribution in [0.3, 0.4) is 0 Å². The first kappa shape index (κ1) is 14.6. The zero-order valence-electron chi connectivity index (χ0n) is 13.2. The van der Waals surface area contributed by atoms with E-state index in [2.05, 4.69) is 6.92 Å². The van der Waals surface area contributed by atoms with Gasteiger partial charge >= 0.3 is 0 Å². The summed E-state index contributed by atoms with van der Waals surface area (Å²) in [6.45, 7) is 2.12. The molecule has 3 heteroatoms. The summed E-state index contributed by atoms with van der Waals surface area (Å²) in [5.74, 6) is 0.788. The molecule has 4 aliphatic carbocycles. The van der Waals surface area contributed by atoms with Crippen molar-refractivity contribution in [2.45, 2.75) is 64.7 Å². The minimum Gasteiger partial charge on any atom is -0.295 e. The van der Waals surface area contributed by atoms with Crippen LogP contribution in [0.2, 0.25) is 0 Å². The van der Waals surface area contributed by atoms with Crippen LogP contribution in [0.15, 0.2) is 22.8 Å². The van der Waals surface area contributed by atoms with Gasteiger partial charge in [-0.15, -0.1) is 0 Å². The lowest BCUT2D eigenvalue weighted by Gasteiger charge is -2.49. The molecule has 22 heavy (non-hydrogen) atoms. The summed E-state index contributed by atoms with van der Waals surface area (Å²) in [6.07, 6.45) is 6.78. The molecule has 0 aromatic rings. The Kier molecular flexibility index (Phi) is 3.32. The van der Waals surface area contributed by atoms with Crippen molar-refractivity contribution < 1.29 is 13.6 Å². The van der Waals surface area contributed by atoms with Crippen LogP contribution in [0.4, 0.5) is 8.78 Å².